The average molecular weight is 257 g/mol. The summed E-state index contributed by atoms with van der Waals surface area (Å²) in [5, 5.41) is 34.8. The lowest BCUT2D eigenvalue weighted by Crippen LogP contribution is -2.44. The molecule has 0 amide bonds. The van der Waals surface area contributed by atoms with Crippen molar-refractivity contribution in [2.75, 3.05) is 0 Å². The van der Waals surface area contributed by atoms with E-state index in [2.05, 4.69) is 9.64 Å². The summed E-state index contributed by atoms with van der Waals surface area (Å²) in [6.07, 6.45) is 2.95. The first-order valence-electron chi connectivity index (χ1n) is 5.41. The van der Waals surface area contributed by atoms with Gasteiger partial charge in [-0.25, -0.2) is 0 Å². The molecule has 0 saturated heterocycles. The molecule has 0 aliphatic heterocycles. The molecule has 4 N–H and O–H groups in total. The fourth-order valence-corrected chi connectivity index (χ4v) is 0.539. The number of hydrogen-bond acceptors (Lipinski definition) is 6. The first-order valence-corrected chi connectivity index (χ1v) is 5.41. The Bertz CT molecular complexity index is 320. The van der Waals surface area contributed by atoms with Crippen LogP contribution in [0.2, 0.25) is 0 Å². The van der Waals surface area contributed by atoms with Crippen molar-refractivity contribution in [1.29, 1.82) is 0 Å². The Kier molecular flexibility index (Phi) is 6.27. The van der Waals surface area contributed by atoms with Gasteiger partial charge in [0.2, 0.25) is 0 Å². The molecule has 1 aromatic rings. The summed E-state index contributed by atoms with van der Waals surface area (Å²) < 4.78 is 4.46. The summed E-state index contributed by atoms with van der Waals surface area (Å²) in [5.41, 5.74) is -2.01. The Morgan fingerprint density at radius 2 is 1.61 bits per heavy atom. The van der Waals surface area contributed by atoms with Crippen LogP contribution >= 0.6 is 0 Å². The van der Waals surface area contributed by atoms with Crippen molar-refractivity contribution in [3.8, 4) is 5.75 Å². The van der Waals surface area contributed by atoms with Crippen LogP contribution < -0.4 is 4.65 Å². The summed E-state index contributed by atoms with van der Waals surface area (Å²) in [7, 11) is -1.77. The zero-order valence-corrected chi connectivity index (χ0v) is 11.0. The zero-order chi connectivity index (χ0) is 14.4. The maximum absolute atomic E-state index is 9.10. The van der Waals surface area contributed by atoms with E-state index in [4.69, 9.17) is 20.3 Å². The highest BCUT2D eigenvalue weighted by Gasteiger charge is 2.31. The van der Waals surface area contributed by atoms with Crippen LogP contribution in [0.25, 0.3) is 0 Å². The molecule has 7 heteroatoms. The summed E-state index contributed by atoms with van der Waals surface area (Å²) in [6.45, 7) is 6.31. The average Bonchev–Trinajstić information content (AvgIpc) is 2.15. The van der Waals surface area contributed by atoms with Crippen LogP contribution in [0.5, 0.6) is 5.75 Å². The molecule has 0 unspecified atom stereocenters. The topological polar surface area (TPSA) is 103 Å². The molecule has 0 fully saturated rings. The lowest BCUT2D eigenvalue weighted by Gasteiger charge is -2.31. The first-order chi connectivity index (χ1) is 8.04. The second-order valence-corrected chi connectivity index (χ2v) is 4.75. The van der Waals surface area contributed by atoms with Crippen molar-refractivity contribution in [3.05, 3.63) is 24.5 Å². The van der Waals surface area contributed by atoms with E-state index in [0.29, 0.717) is 5.75 Å². The fourth-order valence-electron chi connectivity index (χ4n) is 0.539. The van der Waals surface area contributed by atoms with Crippen LogP contribution in [0, 0.1) is 0 Å². The van der Waals surface area contributed by atoms with Crippen LogP contribution in [0.1, 0.15) is 27.7 Å². The van der Waals surface area contributed by atoms with Crippen molar-refractivity contribution >= 4 is 7.32 Å². The van der Waals surface area contributed by atoms with Crippen molar-refractivity contribution in [2.45, 2.75) is 38.9 Å². The standard InChI is InChI=1S/C6H14O2.C5H6BNO3/c1-5(2,7)6(3,4)8;8-6(9)10-5-2-1-3-7-4-5/h7-8H,1-4H3;1-4,8-9H. The third kappa shape index (κ3) is 7.23. The van der Waals surface area contributed by atoms with Gasteiger partial charge >= 0.3 is 7.32 Å². The highest BCUT2D eigenvalue weighted by molar-refractivity contribution is 6.33. The van der Waals surface area contributed by atoms with Crippen LogP contribution in [0.3, 0.4) is 0 Å². The summed E-state index contributed by atoms with van der Waals surface area (Å²) in [5.74, 6) is 0.331. The quantitative estimate of drug-likeness (QED) is 0.566. The highest BCUT2D eigenvalue weighted by Crippen LogP contribution is 2.19. The molecule has 1 aromatic heterocycles. The third-order valence-corrected chi connectivity index (χ3v) is 2.37. The van der Waals surface area contributed by atoms with E-state index in [9.17, 15) is 0 Å². The highest BCUT2D eigenvalue weighted by atomic mass is 16.6. The number of aromatic nitrogens is 1. The van der Waals surface area contributed by atoms with E-state index in [1.807, 2.05) is 0 Å². The largest absolute Gasteiger partial charge is 0.707 e. The number of rotatable bonds is 3. The lowest BCUT2D eigenvalue weighted by molar-refractivity contribution is -0.107. The molecule has 0 aliphatic carbocycles. The molecule has 0 aromatic carbocycles. The maximum Gasteiger partial charge on any atom is 0.707 e. The molecule has 6 nitrogen and oxygen atoms in total. The van der Waals surface area contributed by atoms with Gasteiger partial charge in [-0.05, 0) is 39.8 Å². The second kappa shape index (κ2) is 6.70. The minimum Gasteiger partial charge on any atom is -0.511 e. The normalized spacial score (nSPS) is 11.3. The Labute approximate surface area is 107 Å². The number of nitrogens with zero attached hydrogens (tertiary/aromatic N) is 1. The van der Waals surface area contributed by atoms with Gasteiger partial charge in [-0.15, -0.1) is 0 Å². The van der Waals surface area contributed by atoms with E-state index in [0.717, 1.165) is 0 Å². The molecule has 0 bridgehead atoms. The monoisotopic (exact) mass is 257 g/mol. The predicted octanol–water partition coefficient (Wildman–Crippen LogP) is -0.0419. The summed E-state index contributed by atoms with van der Waals surface area (Å²) in [4.78, 5) is 3.69. The van der Waals surface area contributed by atoms with E-state index in [1.165, 1.54) is 6.20 Å². The van der Waals surface area contributed by atoms with Crippen molar-refractivity contribution in [2.24, 2.45) is 0 Å². The molecule has 1 rings (SSSR count). The minimum absolute atomic E-state index is 0.331. The van der Waals surface area contributed by atoms with Crippen molar-refractivity contribution in [3.63, 3.8) is 0 Å². The predicted molar refractivity (Wildman–Crippen MR) is 67.7 cm³/mol. The van der Waals surface area contributed by atoms with Crippen LogP contribution in [-0.4, -0.2) is 43.8 Å². The summed E-state index contributed by atoms with van der Waals surface area (Å²) in [6, 6.07) is 3.21. The van der Waals surface area contributed by atoms with Crippen molar-refractivity contribution in [1.82, 2.24) is 4.98 Å². The van der Waals surface area contributed by atoms with Gasteiger partial charge in [0, 0.05) is 6.20 Å². The van der Waals surface area contributed by atoms with E-state index >= 15 is 0 Å². The van der Waals surface area contributed by atoms with Crippen molar-refractivity contribution < 1.29 is 24.9 Å². The number of aliphatic hydroxyl groups is 2. The Morgan fingerprint density at radius 3 is 1.89 bits per heavy atom. The van der Waals surface area contributed by atoms with Crippen LogP contribution in [-0.2, 0) is 0 Å². The Morgan fingerprint density at radius 1 is 1.11 bits per heavy atom. The van der Waals surface area contributed by atoms with E-state index in [-0.39, 0.29) is 0 Å². The van der Waals surface area contributed by atoms with E-state index < -0.39 is 18.5 Å². The molecule has 0 saturated carbocycles. The van der Waals surface area contributed by atoms with Gasteiger partial charge in [-0.1, -0.05) is 0 Å². The van der Waals surface area contributed by atoms with Gasteiger partial charge in [0.25, 0.3) is 0 Å². The SMILES string of the molecule is CC(C)(O)C(C)(C)O.OB(O)Oc1cccnc1. The van der Waals surface area contributed by atoms with Gasteiger partial charge in [-0.2, -0.15) is 0 Å². The molecule has 18 heavy (non-hydrogen) atoms. The molecule has 0 aliphatic rings. The van der Waals surface area contributed by atoms with Gasteiger partial charge in [0.05, 0.1) is 17.4 Å². The Hall–Kier alpha value is -1.15. The minimum atomic E-state index is -1.77. The molecule has 1 heterocycles. The fraction of sp³-hybridized carbons (Fsp3) is 0.545. The van der Waals surface area contributed by atoms with Crippen LogP contribution in [0.4, 0.5) is 0 Å². The first kappa shape index (κ1) is 16.9. The second-order valence-electron chi connectivity index (χ2n) is 4.75. The summed E-state index contributed by atoms with van der Waals surface area (Å²) >= 11 is 0. The van der Waals surface area contributed by atoms with Gasteiger partial charge in [0.15, 0.2) is 0 Å². The number of hydrogen-bond donors (Lipinski definition) is 4. The zero-order valence-electron chi connectivity index (χ0n) is 11.0. The lowest BCUT2D eigenvalue weighted by atomic mass is 9.90. The third-order valence-electron chi connectivity index (χ3n) is 2.37. The molecule has 0 spiro atoms. The Balaban J connectivity index is 0.000000331. The molecule has 0 atom stereocenters. The smallest absolute Gasteiger partial charge is 0.511 e. The van der Waals surface area contributed by atoms with Gasteiger partial charge < -0.3 is 24.9 Å². The molecule has 0 radical (unpaired) electrons. The van der Waals surface area contributed by atoms with Gasteiger partial charge in [-0.3, -0.25) is 4.98 Å². The van der Waals surface area contributed by atoms with Gasteiger partial charge in [0.1, 0.15) is 5.75 Å². The molecular weight excluding hydrogens is 237 g/mol. The molecular formula is C11H20BNO5. The number of pyridine rings is 1. The molecule has 102 valence electrons. The maximum atomic E-state index is 9.10. The van der Waals surface area contributed by atoms with Crippen LogP contribution in [0.15, 0.2) is 24.5 Å². The van der Waals surface area contributed by atoms with E-state index in [1.54, 1.807) is 46.0 Å².